The average Bonchev–Trinajstić information content (AvgIpc) is 1.97. The first-order valence-electron chi connectivity index (χ1n) is 2.77. The smallest absolute Gasteiger partial charge is 0.341 e. The number of nitrogens with zero attached hydrogens (tertiary/aromatic N) is 1. The van der Waals surface area contributed by atoms with Gasteiger partial charge in [-0.1, -0.05) is 23.2 Å². The largest absolute Gasteiger partial charge is 0.477 e. The van der Waals surface area contributed by atoms with E-state index in [2.05, 4.69) is 4.98 Å². The number of halogens is 3. The fourth-order valence-electron chi connectivity index (χ4n) is 0.627. The van der Waals surface area contributed by atoms with Crippen LogP contribution in [0.5, 0.6) is 0 Å². The van der Waals surface area contributed by atoms with Gasteiger partial charge in [-0.25, -0.2) is 9.78 Å². The lowest BCUT2D eigenvalue weighted by Gasteiger charge is -2.00. The van der Waals surface area contributed by atoms with Gasteiger partial charge in [-0.2, -0.15) is 4.39 Å². The second-order valence-corrected chi connectivity index (χ2v) is 2.68. The Morgan fingerprint density at radius 2 is 2.17 bits per heavy atom. The monoisotopic (exact) mass is 209 g/mol. The number of aromatic nitrogens is 1. The first kappa shape index (κ1) is 9.22. The summed E-state index contributed by atoms with van der Waals surface area (Å²) in [6, 6.07) is 0. The SMILES string of the molecule is O=C(O)c1c(F)ncc(Cl)c1Cl. The van der Waals surface area contributed by atoms with Gasteiger partial charge in [0.15, 0.2) is 0 Å². The number of carboxylic acids is 1. The number of rotatable bonds is 1. The van der Waals surface area contributed by atoms with E-state index >= 15 is 0 Å². The Morgan fingerprint density at radius 3 is 2.58 bits per heavy atom. The Balaban J connectivity index is 3.43. The Bertz CT molecular complexity index is 343. The lowest BCUT2D eigenvalue weighted by molar-refractivity contribution is 0.0691. The summed E-state index contributed by atoms with van der Waals surface area (Å²) in [5.41, 5.74) is -0.704. The van der Waals surface area contributed by atoms with Crippen LogP contribution in [0.4, 0.5) is 4.39 Å². The third-order valence-electron chi connectivity index (χ3n) is 1.14. The molecule has 0 aromatic carbocycles. The van der Waals surface area contributed by atoms with Crippen molar-refractivity contribution in [3.05, 3.63) is 27.8 Å². The molecular formula is C6H2Cl2FNO2. The molecule has 1 N–H and O–H groups in total. The summed E-state index contributed by atoms with van der Waals surface area (Å²) in [4.78, 5) is 13.5. The molecule has 1 aromatic rings. The summed E-state index contributed by atoms with van der Waals surface area (Å²) in [6.45, 7) is 0. The van der Waals surface area contributed by atoms with Crippen LogP contribution >= 0.6 is 23.2 Å². The molecule has 0 fully saturated rings. The van der Waals surface area contributed by atoms with E-state index in [-0.39, 0.29) is 10.0 Å². The van der Waals surface area contributed by atoms with E-state index in [9.17, 15) is 9.18 Å². The van der Waals surface area contributed by atoms with Gasteiger partial charge in [-0.05, 0) is 0 Å². The minimum atomic E-state index is -1.49. The average molecular weight is 210 g/mol. The molecule has 0 aliphatic heterocycles. The molecule has 0 radical (unpaired) electrons. The van der Waals surface area contributed by atoms with Crippen molar-refractivity contribution >= 4 is 29.2 Å². The highest BCUT2D eigenvalue weighted by molar-refractivity contribution is 6.43. The molecular weight excluding hydrogens is 208 g/mol. The van der Waals surface area contributed by atoms with Crippen LogP contribution in [0.25, 0.3) is 0 Å². The minimum Gasteiger partial charge on any atom is -0.477 e. The molecule has 0 saturated carbocycles. The predicted octanol–water partition coefficient (Wildman–Crippen LogP) is 2.23. The van der Waals surface area contributed by atoms with E-state index in [0.29, 0.717) is 0 Å². The molecule has 0 spiro atoms. The van der Waals surface area contributed by atoms with Crippen LogP contribution in [-0.4, -0.2) is 16.1 Å². The standard InChI is InChI=1S/C6H2Cl2FNO2/c7-2-1-10-5(9)3(4(2)8)6(11)12/h1H,(H,11,12). The van der Waals surface area contributed by atoms with Crippen LogP contribution in [-0.2, 0) is 0 Å². The first-order chi connectivity index (χ1) is 5.54. The molecule has 0 amide bonds. The van der Waals surface area contributed by atoms with Gasteiger partial charge in [0.25, 0.3) is 0 Å². The van der Waals surface area contributed by atoms with E-state index in [4.69, 9.17) is 28.3 Å². The van der Waals surface area contributed by atoms with Gasteiger partial charge in [0.2, 0.25) is 5.95 Å². The molecule has 12 heavy (non-hydrogen) atoms. The Hall–Kier alpha value is -0.870. The van der Waals surface area contributed by atoms with Crippen molar-refractivity contribution in [2.24, 2.45) is 0 Å². The molecule has 0 bridgehead atoms. The van der Waals surface area contributed by atoms with Crippen molar-refractivity contribution in [1.82, 2.24) is 4.98 Å². The van der Waals surface area contributed by atoms with Gasteiger partial charge >= 0.3 is 5.97 Å². The molecule has 3 nitrogen and oxygen atoms in total. The molecule has 0 atom stereocenters. The van der Waals surface area contributed by atoms with E-state index in [0.717, 1.165) is 6.20 Å². The van der Waals surface area contributed by atoms with Crippen molar-refractivity contribution in [3.63, 3.8) is 0 Å². The summed E-state index contributed by atoms with van der Waals surface area (Å²) in [6.07, 6.45) is 0.950. The highest BCUT2D eigenvalue weighted by Gasteiger charge is 2.18. The van der Waals surface area contributed by atoms with Crippen LogP contribution < -0.4 is 0 Å². The molecule has 64 valence electrons. The zero-order chi connectivity index (χ0) is 9.30. The van der Waals surface area contributed by atoms with Gasteiger partial charge in [0.1, 0.15) is 5.56 Å². The number of aromatic carboxylic acids is 1. The number of hydrogen-bond acceptors (Lipinski definition) is 2. The van der Waals surface area contributed by atoms with Gasteiger partial charge in [0, 0.05) is 0 Å². The van der Waals surface area contributed by atoms with Crippen LogP contribution in [0.1, 0.15) is 10.4 Å². The highest BCUT2D eigenvalue weighted by atomic mass is 35.5. The summed E-state index contributed by atoms with van der Waals surface area (Å²) >= 11 is 10.8. The first-order valence-corrected chi connectivity index (χ1v) is 3.52. The van der Waals surface area contributed by atoms with Crippen molar-refractivity contribution < 1.29 is 14.3 Å². The quantitative estimate of drug-likeness (QED) is 0.723. The highest BCUT2D eigenvalue weighted by Crippen LogP contribution is 2.25. The van der Waals surface area contributed by atoms with Gasteiger partial charge < -0.3 is 5.11 Å². The van der Waals surface area contributed by atoms with E-state index in [1.165, 1.54) is 0 Å². The van der Waals surface area contributed by atoms with Gasteiger partial charge in [-0.3, -0.25) is 0 Å². The zero-order valence-electron chi connectivity index (χ0n) is 5.51. The molecule has 1 aromatic heterocycles. The summed E-state index contributed by atoms with van der Waals surface area (Å²) in [5.74, 6) is -2.63. The van der Waals surface area contributed by atoms with Crippen LogP contribution in [0.2, 0.25) is 10.0 Å². The van der Waals surface area contributed by atoms with Crippen molar-refractivity contribution in [2.45, 2.75) is 0 Å². The van der Waals surface area contributed by atoms with E-state index < -0.39 is 17.5 Å². The number of carboxylic acid groups (broad SMARTS) is 1. The Kier molecular flexibility index (Phi) is 2.49. The molecule has 0 aliphatic rings. The molecule has 0 saturated heterocycles. The molecule has 0 unspecified atom stereocenters. The number of hydrogen-bond donors (Lipinski definition) is 1. The Morgan fingerprint density at radius 1 is 1.58 bits per heavy atom. The number of pyridine rings is 1. The summed E-state index contributed by atoms with van der Waals surface area (Å²) in [7, 11) is 0. The van der Waals surface area contributed by atoms with Crippen LogP contribution in [0.3, 0.4) is 0 Å². The summed E-state index contributed by atoms with van der Waals surface area (Å²) < 4.78 is 12.6. The van der Waals surface area contributed by atoms with E-state index in [1.54, 1.807) is 0 Å². The fourth-order valence-corrected chi connectivity index (χ4v) is 0.978. The van der Waals surface area contributed by atoms with Crippen molar-refractivity contribution in [1.29, 1.82) is 0 Å². The second-order valence-electron chi connectivity index (χ2n) is 1.89. The Labute approximate surface area is 76.7 Å². The predicted molar refractivity (Wildman–Crippen MR) is 41.2 cm³/mol. The van der Waals surface area contributed by atoms with Crippen LogP contribution in [0.15, 0.2) is 6.20 Å². The maximum atomic E-state index is 12.6. The molecule has 1 heterocycles. The molecule has 0 aliphatic carbocycles. The maximum absolute atomic E-state index is 12.6. The molecule has 1 rings (SSSR count). The van der Waals surface area contributed by atoms with Gasteiger partial charge in [0.05, 0.1) is 16.2 Å². The lowest BCUT2D eigenvalue weighted by Crippen LogP contribution is -2.03. The number of carbonyl (C=O) groups is 1. The second kappa shape index (κ2) is 3.25. The maximum Gasteiger partial charge on any atom is 0.341 e. The topological polar surface area (TPSA) is 50.2 Å². The van der Waals surface area contributed by atoms with Crippen molar-refractivity contribution in [2.75, 3.05) is 0 Å². The van der Waals surface area contributed by atoms with Crippen LogP contribution in [0, 0.1) is 5.95 Å². The third kappa shape index (κ3) is 1.49. The van der Waals surface area contributed by atoms with E-state index in [1.807, 2.05) is 0 Å². The zero-order valence-corrected chi connectivity index (χ0v) is 7.03. The molecule has 6 heteroatoms. The van der Waals surface area contributed by atoms with Crippen molar-refractivity contribution in [3.8, 4) is 0 Å². The van der Waals surface area contributed by atoms with Gasteiger partial charge in [-0.15, -0.1) is 0 Å². The lowest BCUT2D eigenvalue weighted by atomic mass is 10.3. The fraction of sp³-hybridized carbons (Fsp3) is 0. The summed E-state index contributed by atoms with van der Waals surface area (Å²) in [5, 5.41) is 8.02. The third-order valence-corrected chi connectivity index (χ3v) is 1.92. The normalized spacial score (nSPS) is 9.92. The minimum absolute atomic E-state index is 0.0875.